The molecule has 19 heavy (non-hydrogen) atoms. The molecule has 0 spiro atoms. The first-order valence-corrected chi connectivity index (χ1v) is 7.41. The molecule has 6 heteroatoms. The van der Waals surface area contributed by atoms with E-state index < -0.39 is 0 Å². The van der Waals surface area contributed by atoms with Gasteiger partial charge in [-0.3, -0.25) is 0 Å². The van der Waals surface area contributed by atoms with E-state index in [0.29, 0.717) is 19.7 Å². The number of nitrogens with zero attached hydrogens (tertiary/aromatic N) is 2. The summed E-state index contributed by atoms with van der Waals surface area (Å²) >= 11 is 9.75. The number of ether oxygens (including phenoxy) is 1. The van der Waals surface area contributed by atoms with E-state index in [9.17, 15) is 4.79 Å². The third-order valence-corrected chi connectivity index (χ3v) is 4.00. The molecule has 1 amide bonds. The maximum absolute atomic E-state index is 11.6. The second-order valence-corrected chi connectivity index (χ2v) is 5.50. The van der Waals surface area contributed by atoms with Crippen LogP contribution in [0.3, 0.4) is 0 Å². The van der Waals surface area contributed by atoms with Gasteiger partial charge in [-0.25, -0.2) is 4.79 Å². The van der Waals surface area contributed by atoms with Crippen LogP contribution in [-0.2, 0) is 4.74 Å². The van der Waals surface area contributed by atoms with E-state index in [2.05, 4.69) is 20.8 Å². The third-order valence-electron chi connectivity index (χ3n) is 3.06. The number of hydrogen-bond acceptors (Lipinski definition) is 3. The van der Waals surface area contributed by atoms with Crippen LogP contribution in [0.5, 0.6) is 0 Å². The maximum atomic E-state index is 11.6. The SMILES string of the molecule is CCOC(=O)N1CCN(c2c(Cl)cccc2Br)CC1. The minimum Gasteiger partial charge on any atom is -0.450 e. The van der Waals surface area contributed by atoms with Gasteiger partial charge >= 0.3 is 6.09 Å². The highest BCUT2D eigenvalue weighted by Crippen LogP contribution is 2.34. The van der Waals surface area contributed by atoms with Crippen LogP contribution in [-0.4, -0.2) is 43.8 Å². The number of carbonyl (C=O) groups excluding carboxylic acids is 1. The minimum absolute atomic E-state index is 0.236. The van der Waals surface area contributed by atoms with Gasteiger partial charge in [0.25, 0.3) is 0 Å². The summed E-state index contributed by atoms with van der Waals surface area (Å²) in [5, 5.41) is 0.721. The van der Waals surface area contributed by atoms with E-state index in [-0.39, 0.29) is 6.09 Å². The minimum atomic E-state index is -0.236. The number of carbonyl (C=O) groups is 1. The maximum Gasteiger partial charge on any atom is 0.409 e. The van der Waals surface area contributed by atoms with Crippen molar-refractivity contribution in [2.45, 2.75) is 6.92 Å². The summed E-state index contributed by atoms with van der Waals surface area (Å²) in [6.07, 6.45) is -0.236. The van der Waals surface area contributed by atoms with Gasteiger partial charge in [0.05, 0.1) is 17.3 Å². The molecule has 0 radical (unpaired) electrons. The summed E-state index contributed by atoms with van der Waals surface area (Å²) in [6.45, 7) is 5.03. The molecule has 0 saturated carbocycles. The lowest BCUT2D eigenvalue weighted by Crippen LogP contribution is -2.49. The van der Waals surface area contributed by atoms with Crippen molar-refractivity contribution in [3.05, 3.63) is 27.7 Å². The van der Waals surface area contributed by atoms with Gasteiger partial charge < -0.3 is 14.5 Å². The van der Waals surface area contributed by atoms with E-state index in [0.717, 1.165) is 28.3 Å². The molecule has 1 aliphatic heterocycles. The quantitative estimate of drug-likeness (QED) is 0.822. The van der Waals surface area contributed by atoms with Crippen LogP contribution < -0.4 is 4.90 Å². The van der Waals surface area contributed by atoms with Crippen molar-refractivity contribution in [1.82, 2.24) is 4.90 Å². The van der Waals surface area contributed by atoms with Crippen molar-refractivity contribution in [1.29, 1.82) is 0 Å². The number of piperazine rings is 1. The van der Waals surface area contributed by atoms with Crippen molar-refractivity contribution in [3.63, 3.8) is 0 Å². The van der Waals surface area contributed by atoms with E-state index in [1.807, 2.05) is 25.1 Å². The van der Waals surface area contributed by atoms with Crippen LogP contribution in [0, 0.1) is 0 Å². The Hall–Kier alpha value is -0.940. The summed E-state index contributed by atoms with van der Waals surface area (Å²) in [6, 6.07) is 5.75. The van der Waals surface area contributed by atoms with Crippen molar-refractivity contribution >= 4 is 39.3 Å². The molecule has 0 N–H and O–H groups in total. The molecule has 104 valence electrons. The van der Waals surface area contributed by atoms with Crippen LogP contribution in [0.4, 0.5) is 10.5 Å². The molecule has 1 heterocycles. The monoisotopic (exact) mass is 346 g/mol. The highest BCUT2D eigenvalue weighted by molar-refractivity contribution is 9.10. The highest BCUT2D eigenvalue weighted by Gasteiger charge is 2.24. The second-order valence-electron chi connectivity index (χ2n) is 4.24. The Morgan fingerprint density at radius 1 is 1.37 bits per heavy atom. The van der Waals surface area contributed by atoms with Crippen molar-refractivity contribution in [3.8, 4) is 0 Å². The number of halogens is 2. The van der Waals surface area contributed by atoms with Crippen LogP contribution >= 0.6 is 27.5 Å². The topological polar surface area (TPSA) is 32.8 Å². The van der Waals surface area contributed by atoms with Gasteiger partial charge in [-0.2, -0.15) is 0 Å². The van der Waals surface area contributed by atoms with Gasteiger partial charge in [0.15, 0.2) is 0 Å². The predicted octanol–water partition coefficient (Wildman–Crippen LogP) is 3.38. The number of amides is 1. The molecule has 1 aliphatic rings. The van der Waals surface area contributed by atoms with E-state index in [1.165, 1.54) is 0 Å². The number of anilines is 1. The number of benzene rings is 1. The molecule has 1 aromatic rings. The molecule has 2 rings (SSSR count). The van der Waals surface area contributed by atoms with Crippen LogP contribution in [0.2, 0.25) is 5.02 Å². The fourth-order valence-corrected chi connectivity index (χ4v) is 3.14. The molecule has 4 nitrogen and oxygen atoms in total. The zero-order valence-corrected chi connectivity index (χ0v) is 13.1. The molecular formula is C13H16BrClN2O2. The fourth-order valence-electron chi connectivity index (χ4n) is 2.12. The number of hydrogen-bond donors (Lipinski definition) is 0. The van der Waals surface area contributed by atoms with Crippen molar-refractivity contribution in [2.75, 3.05) is 37.7 Å². The lowest BCUT2D eigenvalue weighted by Gasteiger charge is -2.36. The van der Waals surface area contributed by atoms with Gasteiger partial charge in [0, 0.05) is 30.7 Å². The Balaban J connectivity index is 2.02. The molecule has 0 aromatic heterocycles. The second kappa shape index (κ2) is 6.48. The molecule has 0 atom stereocenters. The average Bonchev–Trinajstić information content (AvgIpc) is 2.39. The Bertz CT molecular complexity index is 442. The smallest absolute Gasteiger partial charge is 0.409 e. The van der Waals surface area contributed by atoms with E-state index in [4.69, 9.17) is 16.3 Å². The first kappa shape index (κ1) is 14.5. The third kappa shape index (κ3) is 3.34. The summed E-state index contributed by atoms with van der Waals surface area (Å²) in [5.74, 6) is 0. The first-order valence-electron chi connectivity index (χ1n) is 6.24. The standard InChI is InChI=1S/C13H16BrClN2O2/c1-2-19-13(18)17-8-6-16(7-9-17)12-10(14)4-3-5-11(12)15/h3-5H,2,6-9H2,1H3. The van der Waals surface area contributed by atoms with Crippen LogP contribution in [0.15, 0.2) is 22.7 Å². The Labute approximate surface area is 126 Å². The van der Waals surface area contributed by atoms with Crippen LogP contribution in [0.1, 0.15) is 6.92 Å². The Kier molecular flexibility index (Phi) is 4.93. The largest absolute Gasteiger partial charge is 0.450 e. The molecule has 1 fully saturated rings. The Morgan fingerprint density at radius 2 is 2.05 bits per heavy atom. The first-order chi connectivity index (χ1) is 9.13. The fraction of sp³-hybridized carbons (Fsp3) is 0.462. The Morgan fingerprint density at radius 3 is 2.63 bits per heavy atom. The van der Waals surface area contributed by atoms with Crippen LogP contribution in [0.25, 0.3) is 0 Å². The molecule has 1 aromatic carbocycles. The molecule has 0 bridgehead atoms. The van der Waals surface area contributed by atoms with Gasteiger partial charge in [0.1, 0.15) is 0 Å². The van der Waals surface area contributed by atoms with E-state index >= 15 is 0 Å². The van der Waals surface area contributed by atoms with Gasteiger partial charge in [-0.1, -0.05) is 17.7 Å². The summed E-state index contributed by atoms with van der Waals surface area (Å²) in [7, 11) is 0. The molecular weight excluding hydrogens is 332 g/mol. The highest BCUT2D eigenvalue weighted by atomic mass is 79.9. The predicted molar refractivity (Wildman–Crippen MR) is 80.0 cm³/mol. The average molecular weight is 348 g/mol. The lowest BCUT2D eigenvalue weighted by atomic mass is 10.2. The lowest BCUT2D eigenvalue weighted by molar-refractivity contribution is 0.105. The summed E-state index contributed by atoms with van der Waals surface area (Å²) in [5.41, 5.74) is 0.993. The van der Waals surface area contributed by atoms with Gasteiger partial charge in [0.2, 0.25) is 0 Å². The van der Waals surface area contributed by atoms with Gasteiger partial charge in [-0.05, 0) is 35.0 Å². The van der Waals surface area contributed by atoms with Gasteiger partial charge in [-0.15, -0.1) is 0 Å². The normalized spacial score (nSPS) is 15.5. The molecule has 1 saturated heterocycles. The zero-order chi connectivity index (χ0) is 13.8. The number of para-hydroxylation sites is 1. The van der Waals surface area contributed by atoms with Crippen molar-refractivity contribution in [2.24, 2.45) is 0 Å². The zero-order valence-electron chi connectivity index (χ0n) is 10.7. The molecule has 0 aliphatic carbocycles. The molecule has 0 unspecified atom stereocenters. The van der Waals surface area contributed by atoms with Crippen molar-refractivity contribution < 1.29 is 9.53 Å². The summed E-state index contributed by atoms with van der Waals surface area (Å²) < 4.78 is 5.98. The number of rotatable bonds is 2. The summed E-state index contributed by atoms with van der Waals surface area (Å²) in [4.78, 5) is 15.5. The van der Waals surface area contributed by atoms with E-state index in [1.54, 1.807) is 4.90 Å².